The molecule has 1 heterocycles. The number of aryl methyl sites for hydroxylation is 1. The molecule has 2 N–H and O–H groups in total. The number of benzene rings is 1. The molecule has 0 radical (unpaired) electrons. The summed E-state index contributed by atoms with van der Waals surface area (Å²) >= 11 is 3.43. The molecule has 1 amide bonds. The summed E-state index contributed by atoms with van der Waals surface area (Å²) in [6.45, 7) is 4.42. The van der Waals surface area contributed by atoms with Crippen LogP contribution in [0.4, 0.5) is 0 Å². The van der Waals surface area contributed by atoms with Crippen molar-refractivity contribution < 1.29 is 4.79 Å². The molecule has 0 spiro atoms. The first-order valence-corrected chi connectivity index (χ1v) is 7.66. The van der Waals surface area contributed by atoms with Gasteiger partial charge in [-0.05, 0) is 62.4 Å². The summed E-state index contributed by atoms with van der Waals surface area (Å²) in [6, 6.07) is 5.84. The lowest BCUT2D eigenvalue weighted by Gasteiger charge is -2.33. The Hall–Kier alpha value is -0.580. The molecule has 0 aliphatic carbocycles. The first-order chi connectivity index (χ1) is 9.11. The summed E-state index contributed by atoms with van der Waals surface area (Å²) in [7, 11) is 0. The van der Waals surface area contributed by atoms with Gasteiger partial charge in [-0.15, -0.1) is 12.4 Å². The van der Waals surface area contributed by atoms with E-state index in [2.05, 4.69) is 15.9 Å². The van der Waals surface area contributed by atoms with Crippen molar-refractivity contribution in [2.75, 3.05) is 19.6 Å². The summed E-state index contributed by atoms with van der Waals surface area (Å²) in [5, 5.41) is 0. The van der Waals surface area contributed by atoms with Crippen LogP contribution in [0.25, 0.3) is 0 Å². The molecule has 1 aliphatic rings. The molecular formula is C15H22BrClN2O. The molecule has 112 valence electrons. The van der Waals surface area contributed by atoms with Gasteiger partial charge in [-0.25, -0.2) is 0 Å². The lowest BCUT2D eigenvalue weighted by molar-refractivity contribution is 0.0669. The number of carbonyl (C=O) groups is 1. The first kappa shape index (κ1) is 17.5. The zero-order chi connectivity index (χ0) is 13.8. The van der Waals surface area contributed by atoms with Crippen LogP contribution >= 0.6 is 28.3 Å². The van der Waals surface area contributed by atoms with E-state index in [1.165, 1.54) is 6.42 Å². The molecule has 0 aromatic heterocycles. The third-order valence-corrected chi connectivity index (χ3v) is 4.29. The highest BCUT2D eigenvalue weighted by Gasteiger charge is 2.24. The molecule has 20 heavy (non-hydrogen) atoms. The number of hydrogen-bond acceptors (Lipinski definition) is 2. The van der Waals surface area contributed by atoms with E-state index >= 15 is 0 Å². The molecule has 0 bridgehead atoms. The number of carbonyl (C=O) groups excluding carboxylic acids is 1. The van der Waals surface area contributed by atoms with Crippen molar-refractivity contribution >= 4 is 34.2 Å². The molecule has 0 saturated carbocycles. The van der Waals surface area contributed by atoms with Gasteiger partial charge < -0.3 is 10.6 Å². The monoisotopic (exact) mass is 360 g/mol. The molecule has 2 rings (SSSR count). The van der Waals surface area contributed by atoms with Gasteiger partial charge in [0.1, 0.15) is 0 Å². The van der Waals surface area contributed by atoms with E-state index in [4.69, 9.17) is 5.73 Å². The van der Waals surface area contributed by atoms with Crippen LogP contribution in [0, 0.1) is 12.8 Å². The first-order valence-electron chi connectivity index (χ1n) is 6.87. The summed E-state index contributed by atoms with van der Waals surface area (Å²) in [5.41, 5.74) is 7.47. The second-order valence-electron chi connectivity index (χ2n) is 5.30. The van der Waals surface area contributed by atoms with Crippen molar-refractivity contribution in [3.63, 3.8) is 0 Å². The molecule has 1 unspecified atom stereocenters. The van der Waals surface area contributed by atoms with Crippen molar-refractivity contribution in [3.8, 4) is 0 Å². The zero-order valence-electron chi connectivity index (χ0n) is 11.8. The zero-order valence-corrected chi connectivity index (χ0v) is 14.2. The maximum absolute atomic E-state index is 12.6. The molecule has 1 aliphatic heterocycles. The van der Waals surface area contributed by atoms with E-state index in [-0.39, 0.29) is 18.3 Å². The van der Waals surface area contributed by atoms with E-state index in [0.717, 1.165) is 41.5 Å². The number of amides is 1. The Bertz CT molecular complexity index is 465. The highest BCUT2D eigenvalue weighted by Crippen LogP contribution is 2.23. The molecule has 1 fully saturated rings. The summed E-state index contributed by atoms with van der Waals surface area (Å²) in [5.74, 6) is 0.727. The van der Waals surface area contributed by atoms with Crippen molar-refractivity contribution in [1.82, 2.24) is 4.90 Å². The van der Waals surface area contributed by atoms with E-state index in [1.54, 1.807) is 0 Å². The van der Waals surface area contributed by atoms with Crippen LogP contribution in [-0.4, -0.2) is 30.4 Å². The molecular weight excluding hydrogens is 340 g/mol. The SMILES string of the molecule is Cc1cc(Br)ccc1C(=O)N1CCCC(CCN)C1.Cl. The minimum absolute atomic E-state index is 0. The van der Waals surface area contributed by atoms with Crippen LogP contribution in [0.5, 0.6) is 0 Å². The Morgan fingerprint density at radius 2 is 2.25 bits per heavy atom. The fourth-order valence-corrected chi connectivity index (χ4v) is 3.23. The Morgan fingerprint density at radius 1 is 1.50 bits per heavy atom. The number of hydrogen-bond donors (Lipinski definition) is 1. The van der Waals surface area contributed by atoms with Crippen LogP contribution in [0.3, 0.4) is 0 Å². The van der Waals surface area contributed by atoms with Crippen LogP contribution in [0.1, 0.15) is 35.2 Å². The van der Waals surface area contributed by atoms with Crippen LogP contribution in [0.15, 0.2) is 22.7 Å². The highest BCUT2D eigenvalue weighted by atomic mass is 79.9. The third kappa shape index (κ3) is 4.21. The van der Waals surface area contributed by atoms with Crippen molar-refractivity contribution in [2.24, 2.45) is 11.7 Å². The maximum atomic E-state index is 12.6. The Balaban J connectivity index is 0.00000200. The summed E-state index contributed by atoms with van der Waals surface area (Å²) in [6.07, 6.45) is 3.30. The molecule has 1 saturated heterocycles. The number of nitrogens with two attached hydrogens (primary N) is 1. The average molecular weight is 362 g/mol. The number of likely N-dealkylation sites (tertiary alicyclic amines) is 1. The Kier molecular flexibility index (Phi) is 7.00. The van der Waals surface area contributed by atoms with Gasteiger partial charge in [-0.3, -0.25) is 4.79 Å². The van der Waals surface area contributed by atoms with Gasteiger partial charge >= 0.3 is 0 Å². The second kappa shape index (κ2) is 8.01. The maximum Gasteiger partial charge on any atom is 0.254 e. The summed E-state index contributed by atoms with van der Waals surface area (Å²) in [4.78, 5) is 14.5. The largest absolute Gasteiger partial charge is 0.338 e. The van der Waals surface area contributed by atoms with Gasteiger partial charge in [0.05, 0.1) is 0 Å². The van der Waals surface area contributed by atoms with E-state index in [1.807, 2.05) is 30.0 Å². The highest BCUT2D eigenvalue weighted by molar-refractivity contribution is 9.10. The van der Waals surface area contributed by atoms with Crippen LogP contribution in [0.2, 0.25) is 0 Å². The van der Waals surface area contributed by atoms with Crippen LogP contribution in [-0.2, 0) is 0 Å². The van der Waals surface area contributed by atoms with Gasteiger partial charge in [0.25, 0.3) is 5.91 Å². The predicted molar refractivity (Wildman–Crippen MR) is 88.4 cm³/mol. The lowest BCUT2D eigenvalue weighted by Crippen LogP contribution is -2.40. The fourth-order valence-electron chi connectivity index (χ4n) is 2.76. The number of halogens is 2. The van der Waals surface area contributed by atoms with Gasteiger partial charge in [-0.1, -0.05) is 15.9 Å². The fraction of sp³-hybridized carbons (Fsp3) is 0.533. The van der Waals surface area contributed by atoms with E-state index in [0.29, 0.717) is 12.5 Å². The molecule has 1 aromatic rings. The smallest absolute Gasteiger partial charge is 0.254 e. The quantitative estimate of drug-likeness (QED) is 0.897. The number of nitrogens with zero attached hydrogens (tertiary/aromatic N) is 1. The number of rotatable bonds is 3. The molecule has 3 nitrogen and oxygen atoms in total. The van der Waals surface area contributed by atoms with Gasteiger partial charge in [0.2, 0.25) is 0 Å². The topological polar surface area (TPSA) is 46.3 Å². The summed E-state index contributed by atoms with van der Waals surface area (Å²) < 4.78 is 1.02. The minimum atomic E-state index is 0. The van der Waals surface area contributed by atoms with Crippen molar-refractivity contribution in [1.29, 1.82) is 0 Å². The van der Waals surface area contributed by atoms with Crippen molar-refractivity contribution in [3.05, 3.63) is 33.8 Å². The normalized spacial score (nSPS) is 18.6. The predicted octanol–water partition coefficient (Wildman–Crippen LogP) is 3.38. The number of piperidine rings is 1. The van der Waals surface area contributed by atoms with Gasteiger partial charge in [-0.2, -0.15) is 0 Å². The third-order valence-electron chi connectivity index (χ3n) is 3.80. The minimum Gasteiger partial charge on any atom is -0.338 e. The molecule has 5 heteroatoms. The Labute approximate surface area is 135 Å². The van der Waals surface area contributed by atoms with Gasteiger partial charge in [0, 0.05) is 23.1 Å². The van der Waals surface area contributed by atoms with Gasteiger partial charge in [0.15, 0.2) is 0 Å². The molecule has 1 aromatic carbocycles. The molecule has 1 atom stereocenters. The van der Waals surface area contributed by atoms with Crippen LogP contribution < -0.4 is 5.73 Å². The Morgan fingerprint density at radius 3 is 2.90 bits per heavy atom. The van der Waals surface area contributed by atoms with Crippen molar-refractivity contribution in [2.45, 2.75) is 26.2 Å². The average Bonchev–Trinajstić information content (AvgIpc) is 2.39. The van der Waals surface area contributed by atoms with E-state index in [9.17, 15) is 4.79 Å². The second-order valence-corrected chi connectivity index (χ2v) is 6.21. The van der Waals surface area contributed by atoms with E-state index < -0.39 is 0 Å². The lowest BCUT2D eigenvalue weighted by atomic mass is 9.94. The standard InChI is InChI=1S/C15H21BrN2O.ClH/c1-11-9-13(16)4-5-14(11)15(19)18-8-2-3-12(10-18)6-7-17;/h4-5,9,12H,2-3,6-8,10,17H2,1H3;1H.